The van der Waals surface area contributed by atoms with Crippen LogP contribution in [0.25, 0.3) is 5.70 Å². The van der Waals surface area contributed by atoms with Crippen LogP contribution in [0.4, 0.5) is 0 Å². The highest BCUT2D eigenvalue weighted by molar-refractivity contribution is 5.91. The Kier molecular flexibility index (Phi) is 5.88. The van der Waals surface area contributed by atoms with Crippen molar-refractivity contribution in [2.45, 2.75) is 30.8 Å². The van der Waals surface area contributed by atoms with Gasteiger partial charge in [0.05, 0.1) is 18.2 Å². The van der Waals surface area contributed by atoms with Crippen LogP contribution in [0.2, 0.25) is 0 Å². The number of likely N-dealkylation sites (tertiary alicyclic amines) is 1. The molecule has 3 aromatic carbocycles. The highest BCUT2D eigenvalue weighted by Gasteiger charge is 2.45. The molecular weight excluding hydrogens is 424 g/mol. The molecule has 1 saturated heterocycles. The highest BCUT2D eigenvalue weighted by atomic mass is 16.7. The Morgan fingerprint density at radius 1 is 0.941 bits per heavy atom. The maximum atomic E-state index is 14.0. The zero-order valence-corrected chi connectivity index (χ0v) is 19.7. The van der Waals surface area contributed by atoms with Crippen molar-refractivity contribution in [3.05, 3.63) is 108 Å². The maximum Gasteiger partial charge on any atom is 0.237 e. The lowest BCUT2D eigenvalue weighted by atomic mass is 9.74. The molecule has 1 N–H and O–H groups in total. The minimum absolute atomic E-state index is 0.128. The molecule has 0 atom stereocenters. The summed E-state index contributed by atoms with van der Waals surface area (Å²) >= 11 is 0. The Morgan fingerprint density at radius 3 is 2.15 bits per heavy atom. The molecule has 1 fully saturated rings. The first-order valence-corrected chi connectivity index (χ1v) is 11.8. The van der Waals surface area contributed by atoms with Gasteiger partial charge in [0.2, 0.25) is 5.91 Å². The molecule has 2 aliphatic rings. The number of hydroxylamine groups is 1. The number of benzene rings is 3. The number of piperidine rings is 1. The lowest BCUT2D eigenvalue weighted by Crippen LogP contribution is -2.52. The van der Waals surface area contributed by atoms with Gasteiger partial charge in [0.1, 0.15) is 11.4 Å². The Hall–Kier alpha value is -3.57. The summed E-state index contributed by atoms with van der Waals surface area (Å²) in [5.74, 6) is 0.936. The van der Waals surface area contributed by atoms with Gasteiger partial charge in [-0.05, 0) is 36.3 Å². The summed E-state index contributed by atoms with van der Waals surface area (Å²) in [6.45, 7) is 3.31. The van der Waals surface area contributed by atoms with Crippen LogP contribution in [-0.2, 0) is 15.0 Å². The lowest BCUT2D eigenvalue weighted by molar-refractivity contribution is -0.141. The van der Waals surface area contributed by atoms with E-state index in [9.17, 15) is 4.79 Å². The third kappa shape index (κ3) is 3.97. The molecule has 5 heteroatoms. The summed E-state index contributed by atoms with van der Waals surface area (Å²) in [5, 5.41) is 0. The van der Waals surface area contributed by atoms with Crippen molar-refractivity contribution in [3.63, 3.8) is 0 Å². The molecule has 174 valence electrons. The number of carbonyl (C=O) groups excluding carboxylic acids is 1. The Morgan fingerprint density at radius 2 is 1.56 bits per heavy atom. The lowest BCUT2D eigenvalue weighted by Gasteiger charge is -2.41. The number of amides is 1. The molecule has 0 bridgehead atoms. The minimum atomic E-state index is -0.747. The summed E-state index contributed by atoms with van der Waals surface area (Å²) in [6.07, 6.45) is 3.63. The summed E-state index contributed by atoms with van der Waals surface area (Å²) in [4.78, 5) is 22.1. The number of methoxy groups -OCH3 is 1. The van der Waals surface area contributed by atoms with Crippen LogP contribution in [0, 0.1) is 0 Å². The van der Waals surface area contributed by atoms with Crippen molar-refractivity contribution in [1.82, 2.24) is 10.4 Å². The van der Waals surface area contributed by atoms with E-state index in [0.29, 0.717) is 13.1 Å². The highest BCUT2D eigenvalue weighted by Crippen LogP contribution is 2.39. The molecular formula is C29H30N2O3. The molecule has 0 aliphatic carbocycles. The monoisotopic (exact) mass is 454 g/mol. The normalized spacial score (nSPS) is 17.2. The number of rotatable bonds is 5. The second kappa shape index (κ2) is 8.99. The standard InChI is InChI=1S/C29H30N2O3/c1-28(23-11-5-3-6-12-23,24-13-7-4-8-14-24)27(32)31-18-16-29(17-19-31)21-26(30-34-29)22-10-9-15-25(20-22)33-2/h3-15,20-21,30H,16-19H2,1-2H3. The van der Waals surface area contributed by atoms with Gasteiger partial charge in [0.25, 0.3) is 0 Å². The fourth-order valence-electron chi connectivity index (χ4n) is 5.02. The van der Waals surface area contributed by atoms with E-state index in [4.69, 9.17) is 9.57 Å². The zero-order valence-electron chi connectivity index (χ0n) is 19.7. The first-order valence-electron chi connectivity index (χ1n) is 11.8. The Balaban J connectivity index is 1.36. The van der Waals surface area contributed by atoms with Crippen LogP contribution < -0.4 is 10.2 Å². The molecule has 5 nitrogen and oxygen atoms in total. The van der Waals surface area contributed by atoms with E-state index in [1.54, 1.807) is 7.11 Å². The number of ether oxygens (including phenoxy) is 1. The van der Waals surface area contributed by atoms with Gasteiger partial charge in [-0.15, -0.1) is 0 Å². The second-order valence-corrected chi connectivity index (χ2v) is 9.21. The third-order valence-electron chi connectivity index (χ3n) is 7.18. The van der Waals surface area contributed by atoms with Crippen LogP contribution in [0.3, 0.4) is 0 Å². The van der Waals surface area contributed by atoms with E-state index in [0.717, 1.165) is 41.0 Å². The zero-order chi connectivity index (χ0) is 23.6. The van der Waals surface area contributed by atoms with Crippen molar-refractivity contribution in [2.24, 2.45) is 0 Å². The summed E-state index contributed by atoms with van der Waals surface area (Å²) in [5.41, 5.74) is 5.93. The number of carbonyl (C=O) groups is 1. The molecule has 1 amide bonds. The molecule has 0 saturated carbocycles. The number of hydrogen-bond donors (Lipinski definition) is 1. The van der Waals surface area contributed by atoms with Crippen molar-refractivity contribution >= 4 is 11.6 Å². The smallest absolute Gasteiger partial charge is 0.237 e. The Labute approximate surface area is 201 Å². The van der Waals surface area contributed by atoms with Crippen LogP contribution in [0.5, 0.6) is 5.75 Å². The molecule has 0 radical (unpaired) electrons. The van der Waals surface area contributed by atoms with E-state index < -0.39 is 11.0 Å². The van der Waals surface area contributed by atoms with E-state index >= 15 is 0 Å². The molecule has 2 heterocycles. The van der Waals surface area contributed by atoms with Crippen molar-refractivity contribution < 1.29 is 14.4 Å². The molecule has 1 spiro atoms. The first kappa shape index (κ1) is 22.2. The average molecular weight is 455 g/mol. The van der Waals surface area contributed by atoms with Crippen molar-refractivity contribution in [2.75, 3.05) is 20.2 Å². The minimum Gasteiger partial charge on any atom is -0.497 e. The average Bonchev–Trinajstić information content (AvgIpc) is 3.32. The summed E-state index contributed by atoms with van der Waals surface area (Å²) < 4.78 is 5.36. The van der Waals surface area contributed by atoms with E-state index in [1.807, 2.05) is 96.8 Å². The molecule has 3 aromatic rings. The van der Waals surface area contributed by atoms with Gasteiger partial charge >= 0.3 is 0 Å². The first-order chi connectivity index (χ1) is 16.5. The fourth-order valence-corrected chi connectivity index (χ4v) is 5.02. The van der Waals surface area contributed by atoms with Gasteiger partial charge < -0.3 is 9.64 Å². The largest absolute Gasteiger partial charge is 0.497 e. The Bertz CT molecular complexity index is 1140. The SMILES string of the molecule is COc1cccc(C2=CC3(CCN(C(=O)C(C)(c4ccccc4)c4ccccc4)CC3)ON2)c1. The topological polar surface area (TPSA) is 50.8 Å². The van der Waals surface area contributed by atoms with Crippen molar-refractivity contribution in [1.29, 1.82) is 0 Å². The summed E-state index contributed by atoms with van der Waals surface area (Å²) in [6, 6.07) is 28.1. The van der Waals surface area contributed by atoms with Crippen LogP contribution >= 0.6 is 0 Å². The van der Waals surface area contributed by atoms with Crippen LogP contribution in [0.1, 0.15) is 36.5 Å². The molecule has 34 heavy (non-hydrogen) atoms. The number of nitrogens with one attached hydrogen (secondary N) is 1. The number of hydrogen-bond acceptors (Lipinski definition) is 4. The maximum absolute atomic E-state index is 14.0. The van der Waals surface area contributed by atoms with Crippen LogP contribution in [0.15, 0.2) is 91.0 Å². The molecule has 0 aromatic heterocycles. The second-order valence-electron chi connectivity index (χ2n) is 9.21. The third-order valence-corrected chi connectivity index (χ3v) is 7.18. The van der Waals surface area contributed by atoms with Gasteiger partial charge in [0, 0.05) is 31.5 Å². The van der Waals surface area contributed by atoms with E-state index in [1.165, 1.54) is 0 Å². The van der Waals surface area contributed by atoms with E-state index in [2.05, 4.69) is 11.6 Å². The quantitative estimate of drug-likeness (QED) is 0.593. The van der Waals surface area contributed by atoms with E-state index in [-0.39, 0.29) is 5.91 Å². The van der Waals surface area contributed by atoms with Crippen LogP contribution in [-0.4, -0.2) is 36.6 Å². The molecule has 5 rings (SSSR count). The van der Waals surface area contributed by atoms with Gasteiger partial charge in [-0.3, -0.25) is 15.1 Å². The molecule has 2 aliphatic heterocycles. The molecule has 0 unspecified atom stereocenters. The van der Waals surface area contributed by atoms with Gasteiger partial charge in [0.15, 0.2) is 0 Å². The van der Waals surface area contributed by atoms with Gasteiger partial charge in [-0.25, -0.2) is 0 Å². The summed E-state index contributed by atoms with van der Waals surface area (Å²) in [7, 11) is 1.67. The predicted octanol–water partition coefficient (Wildman–Crippen LogP) is 4.94. The van der Waals surface area contributed by atoms with Crippen molar-refractivity contribution in [3.8, 4) is 5.75 Å². The van der Waals surface area contributed by atoms with Gasteiger partial charge in [-0.1, -0.05) is 72.8 Å². The fraction of sp³-hybridized carbons (Fsp3) is 0.276. The predicted molar refractivity (Wildman–Crippen MR) is 133 cm³/mol. The number of nitrogens with zero attached hydrogens (tertiary/aromatic N) is 1. The van der Waals surface area contributed by atoms with Gasteiger partial charge in [-0.2, -0.15) is 0 Å².